The van der Waals surface area contributed by atoms with Crippen LogP contribution in [0.4, 0.5) is 10.1 Å². The topological polar surface area (TPSA) is 21.3 Å². The zero-order chi connectivity index (χ0) is 12.3. The second-order valence-electron chi connectivity index (χ2n) is 4.08. The Bertz CT molecular complexity index is 304. The molecule has 0 heterocycles. The van der Waals surface area contributed by atoms with E-state index in [2.05, 4.69) is 12.2 Å². The smallest absolute Gasteiger partial charge is 0.146 e. The van der Waals surface area contributed by atoms with Gasteiger partial charge in [0.1, 0.15) is 5.82 Å². The maximum absolute atomic E-state index is 13.2. The number of anilines is 1. The van der Waals surface area contributed by atoms with Gasteiger partial charge in [0.25, 0.3) is 0 Å². The van der Waals surface area contributed by atoms with Gasteiger partial charge in [0.2, 0.25) is 0 Å². The number of unbranched alkanes of at least 4 members (excludes halogenated alkanes) is 3. The van der Waals surface area contributed by atoms with Crippen molar-refractivity contribution in [3.63, 3.8) is 0 Å². The van der Waals surface area contributed by atoms with Gasteiger partial charge in [-0.05, 0) is 18.6 Å². The van der Waals surface area contributed by atoms with Crippen molar-refractivity contribution in [2.24, 2.45) is 0 Å². The molecule has 17 heavy (non-hydrogen) atoms. The zero-order valence-corrected chi connectivity index (χ0v) is 10.5. The summed E-state index contributed by atoms with van der Waals surface area (Å²) in [5.41, 5.74) is 0.544. The number of rotatable bonds is 9. The molecule has 0 spiro atoms. The molecule has 0 unspecified atom stereocenters. The fourth-order valence-corrected chi connectivity index (χ4v) is 1.60. The number of para-hydroxylation sites is 1. The van der Waals surface area contributed by atoms with Crippen LogP contribution < -0.4 is 5.32 Å². The second-order valence-corrected chi connectivity index (χ2v) is 4.08. The van der Waals surface area contributed by atoms with Crippen molar-refractivity contribution in [1.29, 1.82) is 0 Å². The van der Waals surface area contributed by atoms with Gasteiger partial charge in [-0.2, -0.15) is 0 Å². The molecule has 3 heteroatoms. The van der Waals surface area contributed by atoms with Gasteiger partial charge in [-0.25, -0.2) is 4.39 Å². The molecule has 1 N–H and O–H groups in total. The van der Waals surface area contributed by atoms with E-state index in [1.165, 1.54) is 25.3 Å². The molecule has 1 aromatic rings. The van der Waals surface area contributed by atoms with E-state index < -0.39 is 0 Å². The van der Waals surface area contributed by atoms with E-state index in [9.17, 15) is 4.39 Å². The lowest BCUT2D eigenvalue weighted by Gasteiger charge is -2.08. The van der Waals surface area contributed by atoms with Crippen molar-refractivity contribution < 1.29 is 9.13 Å². The van der Waals surface area contributed by atoms with Crippen LogP contribution in [0.2, 0.25) is 0 Å². The third kappa shape index (κ3) is 6.27. The van der Waals surface area contributed by atoms with Crippen LogP contribution in [0.5, 0.6) is 0 Å². The van der Waals surface area contributed by atoms with Gasteiger partial charge >= 0.3 is 0 Å². The average Bonchev–Trinajstić information content (AvgIpc) is 2.35. The predicted octanol–water partition coefficient (Wildman–Crippen LogP) is 3.83. The molecule has 1 aromatic carbocycles. The molecule has 0 fully saturated rings. The van der Waals surface area contributed by atoms with Crippen molar-refractivity contribution in [2.45, 2.75) is 32.6 Å². The molecule has 0 amide bonds. The van der Waals surface area contributed by atoms with Crippen molar-refractivity contribution in [1.82, 2.24) is 0 Å². The summed E-state index contributed by atoms with van der Waals surface area (Å²) in [5.74, 6) is -0.213. The van der Waals surface area contributed by atoms with E-state index in [-0.39, 0.29) is 5.82 Å². The molecule has 0 aliphatic carbocycles. The Morgan fingerprint density at radius 3 is 2.71 bits per heavy atom. The molecular weight excluding hydrogens is 217 g/mol. The molecule has 0 aliphatic heterocycles. The standard InChI is InChI=1S/C14H22FNO/c1-2-3-4-7-11-17-12-10-16-14-9-6-5-8-13(14)15/h5-6,8-9,16H,2-4,7,10-12H2,1H3. The summed E-state index contributed by atoms with van der Waals surface area (Å²) in [6.07, 6.45) is 4.87. The minimum absolute atomic E-state index is 0.213. The van der Waals surface area contributed by atoms with Crippen LogP contribution in [0, 0.1) is 5.82 Å². The Balaban J connectivity index is 1.99. The SMILES string of the molecule is CCCCCCOCCNc1ccccc1F. The van der Waals surface area contributed by atoms with Crippen LogP contribution in [-0.2, 0) is 4.74 Å². The number of hydrogen-bond acceptors (Lipinski definition) is 2. The minimum Gasteiger partial charge on any atom is -0.380 e. The van der Waals surface area contributed by atoms with Gasteiger partial charge in [-0.15, -0.1) is 0 Å². The van der Waals surface area contributed by atoms with Gasteiger partial charge in [0.15, 0.2) is 0 Å². The fraction of sp³-hybridized carbons (Fsp3) is 0.571. The van der Waals surface area contributed by atoms with E-state index in [4.69, 9.17) is 4.74 Å². The predicted molar refractivity (Wildman–Crippen MR) is 69.9 cm³/mol. The van der Waals surface area contributed by atoms with Crippen molar-refractivity contribution in [3.8, 4) is 0 Å². The average molecular weight is 239 g/mol. The number of hydrogen-bond donors (Lipinski definition) is 1. The fourth-order valence-electron chi connectivity index (χ4n) is 1.60. The molecule has 1 rings (SSSR count). The molecule has 0 saturated carbocycles. The highest BCUT2D eigenvalue weighted by Crippen LogP contribution is 2.11. The first kappa shape index (κ1) is 14.0. The van der Waals surface area contributed by atoms with Gasteiger partial charge in [-0.3, -0.25) is 0 Å². The third-order valence-electron chi connectivity index (χ3n) is 2.58. The van der Waals surface area contributed by atoms with E-state index >= 15 is 0 Å². The maximum Gasteiger partial charge on any atom is 0.146 e. The zero-order valence-electron chi connectivity index (χ0n) is 10.5. The Hall–Kier alpha value is -1.09. The molecule has 0 saturated heterocycles. The molecule has 96 valence electrons. The first-order chi connectivity index (χ1) is 8.34. The lowest BCUT2D eigenvalue weighted by Crippen LogP contribution is -2.10. The highest BCUT2D eigenvalue weighted by molar-refractivity contribution is 5.44. The first-order valence-corrected chi connectivity index (χ1v) is 6.40. The van der Waals surface area contributed by atoms with Crippen LogP contribution in [0.25, 0.3) is 0 Å². The minimum atomic E-state index is -0.213. The van der Waals surface area contributed by atoms with Gasteiger partial charge in [0, 0.05) is 13.2 Å². The summed E-state index contributed by atoms with van der Waals surface area (Å²) in [5, 5.41) is 3.01. The molecule has 0 aliphatic rings. The summed E-state index contributed by atoms with van der Waals surface area (Å²) in [6.45, 7) is 4.27. The van der Waals surface area contributed by atoms with Gasteiger partial charge in [-0.1, -0.05) is 38.3 Å². The van der Waals surface area contributed by atoms with E-state index in [0.29, 0.717) is 18.8 Å². The Morgan fingerprint density at radius 1 is 1.12 bits per heavy atom. The monoisotopic (exact) mass is 239 g/mol. The molecule has 0 radical (unpaired) electrons. The summed E-state index contributed by atoms with van der Waals surface area (Å²) < 4.78 is 18.7. The number of ether oxygens (including phenoxy) is 1. The molecule has 0 bridgehead atoms. The number of benzene rings is 1. The Labute approximate surface area is 103 Å². The van der Waals surface area contributed by atoms with Crippen LogP contribution in [0.3, 0.4) is 0 Å². The Kier molecular flexibility index (Phi) is 7.39. The molecule has 2 nitrogen and oxygen atoms in total. The van der Waals surface area contributed by atoms with Crippen LogP contribution in [0.15, 0.2) is 24.3 Å². The lowest BCUT2D eigenvalue weighted by atomic mass is 10.2. The third-order valence-corrected chi connectivity index (χ3v) is 2.58. The molecular formula is C14H22FNO. The van der Waals surface area contributed by atoms with Crippen molar-refractivity contribution >= 4 is 5.69 Å². The Morgan fingerprint density at radius 2 is 1.94 bits per heavy atom. The highest BCUT2D eigenvalue weighted by Gasteiger charge is 1.98. The van der Waals surface area contributed by atoms with E-state index in [0.717, 1.165) is 13.0 Å². The van der Waals surface area contributed by atoms with Crippen molar-refractivity contribution in [2.75, 3.05) is 25.1 Å². The molecule has 0 atom stereocenters. The van der Waals surface area contributed by atoms with Crippen LogP contribution in [-0.4, -0.2) is 19.8 Å². The van der Waals surface area contributed by atoms with E-state index in [1.807, 2.05) is 6.07 Å². The summed E-state index contributed by atoms with van der Waals surface area (Å²) >= 11 is 0. The van der Waals surface area contributed by atoms with Crippen molar-refractivity contribution in [3.05, 3.63) is 30.1 Å². The summed E-state index contributed by atoms with van der Waals surface area (Å²) in [7, 11) is 0. The lowest BCUT2D eigenvalue weighted by molar-refractivity contribution is 0.139. The normalized spacial score (nSPS) is 10.5. The summed E-state index contributed by atoms with van der Waals surface area (Å²) in [4.78, 5) is 0. The number of nitrogens with one attached hydrogen (secondary N) is 1. The maximum atomic E-state index is 13.2. The van der Waals surface area contributed by atoms with Gasteiger partial charge in [0.05, 0.1) is 12.3 Å². The first-order valence-electron chi connectivity index (χ1n) is 6.40. The van der Waals surface area contributed by atoms with Crippen LogP contribution >= 0.6 is 0 Å². The molecule has 0 aromatic heterocycles. The van der Waals surface area contributed by atoms with E-state index in [1.54, 1.807) is 12.1 Å². The second kappa shape index (κ2) is 8.99. The van der Waals surface area contributed by atoms with Gasteiger partial charge < -0.3 is 10.1 Å². The highest BCUT2D eigenvalue weighted by atomic mass is 19.1. The number of halogens is 1. The largest absolute Gasteiger partial charge is 0.380 e. The summed E-state index contributed by atoms with van der Waals surface area (Å²) in [6, 6.07) is 6.69. The van der Waals surface area contributed by atoms with Crippen LogP contribution in [0.1, 0.15) is 32.6 Å². The quantitative estimate of drug-likeness (QED) is 0.661.